The van der Waals surface area contributed by atoms with Gasteiger partial charge in [0.15, 0.2) is 0 Å². The average Bonchev–Trinajstić information content (AvgIpc) is 2.19. The van der Waals surface area contributed by atoms with Crippen molar-refractivity contribution in [2.45, 2.75) is 26.9 Å². The quantitative estimate of drug-likeness (QED) is 0.688. The van der Waals surface area contributed by atoms with E-state index in [2.05, 4.69) is 0 Å². The molecule has 0 fully saturated rings. The lowest BCUT2D eigenvalue weighted by Gasteiger charge is -2.14. The standard InChI is InChI=1S/C12H16O2/c1-9(2)12(13)14-10(3)11-7-5-4-6-8-11/h4-10H,1-3H3/t10-/m1/s1. The second-order valence-electron chi connectivity index (χ2n) is 3.64. The summed E-state index contributed by atoms with van der Waals surface area (Å²) in [6.45, 7) is 5.55. The Hall–Kier alpha value is -1.31. The van der Waals surface area contributed by atoms with E-state index in [4.69, 9.17) is 4.74 Å². The van der Waals surface area contributed by atoms with Crippen LogP contribution in [0.25, 0.3) is 0 Å². The van der Waals surface area contributed by atoms with Crippen LogP contribution in [-0.2, 0) is 9.53 Å². The number of benzene rings is 1. The second kappa shape index (κ2) is 4.80. The summed E-state index contributed by atoms with van der Waals surface area (Å²) in [6, 6.07) is 9.74. The highest BCUT2D eigenvalue weighted by Gasteiger charge is 2.13. The summed E-state index contributed by atoms with van der Waals surface area (Å²) in [5, 5.41) is 0. The molecule has 0 saturated carbocycles. The largest absolute Gasteiger partial charge is 0.458 e. The first-order chi connectivity index (χ1) is 6.61. The summed E-state index contributed by atoms with van der Waals surface area (Å²) in [5.41, 5.74) is 1.03. The normalized spacial score (nSPS) is 12.6. The minimum atomic E-state index is -0.161. The summed E-state index contributed by atoms with van der Waals surface area (Å²) in [7, 11) is 0. The molecule has 0 unspecified atom stereocenters. The first kappa shape index (κ1) is 10.8. The molecule has 0 radical (unpaired) electrons. The lowest BCUT2D eigenvalue weighted by atomic mass is 10.1. The maximum Gasteiger partial charge on any atom is 0.308 e. The van der Waals surface area contributed by atoms with Crippen LogP contribution >= 0.6 is 0 Å². The number of esters is 1. The summed E-state index contributed by atoms with van der Waals surface area (Å²) < 4.78 is 5.26. The molecule has 14 heavy (non-hydrogen) atoms. The van der Waals surface area contributed by atoms with Crippen LogP contribution < -0.4 is 0 Å². The number of rotatable bonds is 3. The molecule has 0 aliphatic carbocycles. The van der Waals surface area contributed by atoms with Gasteiger partial charge in [0.2, 0.25) is 0 Å². The van der Waals surface area contributed by atoms with Gasteiger partial charge in [0.25, 0.3) is 0 Å². The molecular weight excluding hydrogens is 176 g/mol. The third kappa shape index (κ3) is 2.87. The minimum absolute atomic E-state index is 0.0684. The van der Waals surface area contributed by atoms with E-state index >= 15 is 0 Å². The van der Waals surface area contributed by atoms with Crippen LogP contribution in [0.5, 0.6) is 0 Å². The monoisotopic (exact) mass is 192 g/mol. The van der Waals surface area contributed by atoms with E-state index < -0.39 is 0 Å². The Kier molecular flexibility index (Phi) is 3.69. The van der Waals surface area contributed by atoms with Crippen LogP contribution in [0.3, 0.4) is 0 Å². The summed E-state index contributed by atoms with van der Waals surface area (Å²) in [5.74, 6) is -0.220. The molecule has 0 saturated heterocycles. The van der Waals surface area contributed by atoms with Crippen LogP contribution in [0.1, 0.15) is 32.4 Å². The first-order valence-electron chi connectivity index (χ1n) is 4.86. The predicted molar refractivity (Wildman–Crippen MR) is 55.8 cm³/mol. The van der Waals surface area contributed by atoms with E-state index in [1.54, 1.807) is 0 Å². The molecule has 76 valence electrons. The molecule has 0 heterocycles. The van der Waals surface area contributed by atoms with Gasteiger partial charge in [0, 0.05) is 0 Å². The second-order valence-corrected chi connectivity index (χ2v) is 3.64. The molecule has 0 bridgehead atoms. The molecular formula is C12H16O2. The van der Waals surface area contributed by atoms with Gasteiger partial charge in [-0.25, -0.2) is 0 Å². The molecule has 0 aliphatic heterocycles. The molecule has 0 aliphatic rings. The third-order valence-electron chi connectivity index (χ3n) is 2.03. The van der Waals surface area contributed by atoms with Crippen molar-refractivity contribution < 1.29 is 9.53 Å². The Labute approximate surface area is 84.9 Å². The van der Waals surface area contributed by atoms with Crippen molar-refractivity contribution in [2.75, 3.05) is 0 Å². The molecule has 2 nitrogen and oxygen atoms in total. The van der Waals surface area contributed by atoms with Gasteiger partial charge in [0.05, 0.1) is 5.92 Å². The fourth-order valence-electron chi connectivity index (χ4n) is 1.10. The SMILES string of the molecule is CC(C)C(=O)O[C@H](C)c1ccccc1. The fourth-order valence-corrected chi connectivity index (χ4v) is 1.10. The summed E-state index contributed by atoms with van der Waals surface area (Å²) >= 11 is 0. The first-order valence-corrected chi connectivity index (χ1v) is 4.86. The van der Waals surface area contributed by atoms with E-state index in [-0.39, 0.29) is 18.0 Å². The van der Waals surface area contributed by atoms with Crippen molar-refractivity contribution in [3.05, 3.63) is 35.9 Å². The van der Waals surface area contributed by atoms with Gasteiger partial charge in [-0.1, -0.05) is 44.2 Å². The van der Waals surface area contributed by atoms with Crippen molar-refractivity contribution in [1.82, 2.24) is 0 Å². The van der Waals surface area contributed by atoms with Crippen LogP contribution in [0.4, 0.5) is 0 Å². The van der Waals surface area contributed by atoms with Gasteiger partial charge in [-0.05, 0) is 12.5 Å². The van der Waals surface area contributed by atoms with Crippen molar-refractivity contribution >= 4 is 5.97 Å². The lowest BCUT2D eigenvalue weighted by molar-refractivity contribution is -0.152. The zero-order valence-electron chi connectivity index (χ0n) is 8.86. The van der Waals surface area contributed by atoms with Crippen LogP contribution in [-0.4, -0.2) is 5.97 Å². The highest BCUT2D eigenvalue weighted by atomic mass is 16.5. The number of carbonyl (C=O) groups excluding carboxylic acids is 1. The minimum Gasteiger partial charge on any atom is -0.458 e. The van der Waals surface area contributed by atoms with Crippen LogP contribution in [0, 0.1) is 5.92 Å². The van der Waals surface area contributed by atoms with Gasteiger partial charge >= 0.3 is 5.97 Å². The van der Waals surface area contributed by atoms with Gasteiger partial charge in [0.1, 0.15) is 6.10 Å². The summed E-state index contributed by atoms with van der Waals surface area (Å²) in [4.78, 5) is 11.3. The van der Waals surface area contributed by atoms with E-state index in [0.717, 1.165) is 5.56 Å². The van der Waals surface area contributed by atoms with E-state index in [0.29, 0.717) is 0 Å². The molecule has 1 aromatic rings. The Morgan fingerprint density at radius 3 is 2.21 bits per heavy atom. The van der Waals surface area contributed by atoms with E-state index in [9.17, 15) is 4.79 Å². The average molecular weight is 192 g/mol. The topological polar surface area (TPSA) is 26.3 Å². The predicted octanol–water partition coefficient (Wildman–Crippen LogP) is 2.95. The molecule has 1 aromatic carbocycles. The highest BCUT2D eigenvalue weighted by Crippen LogP contribution is 2.17. The fraction of sp³-hybridized carbons (Fsp3) is 0.417. The third-order valence-corrected chi connectivity index (χ3v) is 2.03. The van der Waals surface area contributed by atoms with E-state index in [1.807, 2.05) is 51.1 Å². The smallest absolute Gasteiger partial charge is 0.308 e. The highest BCUT2D eigenvalue weighted by molar-refractivity contribution is 5.71. The summed E-state index contributed by atoms with van der Waals surface area (Å²) in [6.07, 6.45) is -0.161. The van der Waals surface area contributed by atoms with Crippen molar-refractivity contribution in [3.8, 4) is 0 Å². The number of ether oxygens (including phenoxy) is 1. The number of carbonyl (C=O) groups is 1. The van der Waals surface area contributed by atoms with Crippen LogP contribution in [0.2, 0.25) is 0 Å². The molecule has 0 aromatic heterocycles. The van der Waals surface area contributed by atoms with Gasteiger partial charge in [-0.15, -0.1) is 0 Å². The Morgan fingerprint density at radius 1 is 1.14 bits per heavy atom. The van der Waals surface area contributed by atoms with E-state index in [1.165, 1.54) is 0 Å². The number of hydrogen-bond acceptors (Lipinski definition) is 2. The van der Waals surface area contributed by atoms with Crippen molar-refractivity contribution in [2.24, 2.45) is 5.92 Å². The Balaban J connectivity index is 2.59. The zero-order chi connectivity index (χ0) is 10.6. The van der Waals surface area contributed by atoms with Gasteiger partial charge in [-0.3, -0.25) is 4.79 Å². The zero-order valence-corrected chi connectivity index (χ0v) is 8.86. The molecule has 0 spiro atoms. The van der Waals surface area contributed by atoms with Crippen molar-refractivity contribution in [1.29, 1.82) is 0 Å². The van der Waals surface area contributed by atoms with Gasteiger partial charge in [-0.2, -0.15) is 0 Å². The molecule has 0 N–H and O–H groups in total. The van der Waals surface area contributed by atoms with Crippen LogP contribution in [0.15, 0.2) is 30.3 Å². The molecule has 2 heteroatoms. The Bertz CT molecular complexity index is 290. The molecule has 1 atom stereocenters. The maximum atomic E-state index is 11.3. The Morgan fingerprint density at radius 2 is 1.71 bits per heavy atom. The molecule has 1 rings (SSSR count). The van der Waals surface area contributed by atoms with Gasteiger partial charge < -0.3 is 4.74 Å². The van der Waals surface area contributed by atoms with Crippen molar-refractivity contribution in [3.63, 3.8) is 0 Å². The lowest BCUT2D eigenvalue weighted by Crippen LogP contribution is -2.14. The maximum absolute atomic E-state index is 11.3. The molecule has 0 amide bonds. The number of hydrogen-bond donors (Lipinski definition) is 0.